The summed E-state index contributed by atoms with van der Waals surface area (Å²) < 4.78 is 12.1. The summed E-state index contributed by atoms with van der Waals surface area (Å²) in [7, 11) is 0. The molecule has 4 nitrogen and oxygen atoms in total. The summed E-state index contributed by atoms with van der Waals surface area (Å²) in [5, 5.41) is 8.56. The Kier molecular flexibility index (Phi) is 3.96. The summed E-state index contributed by atoms with van der Waals surface area (Å²) in [4.78, 5) is 11.4. The molecule has 0 amide bonds. The molecule has 1 aliphatic rings. The van der Waals surface area contributed by atoms with Gasteiger partial charge in [0.1, 0.15) is 0 Å². The van der Waals surface area contributed by atoms with Crippen LogP contribution in [0.1, 0.15) is 24.0 Å². The van der Waals surface area contributed by atoms with Crippen LogP contribution >= 0.6 is 27.3 Å². The number of rotatable bonds is 4. The Hall–Kier alpha value is -0.430. The van der Waals surface area contributed by atoms with E-state index in [2.05, 4.69) is 15.9 Å². The first-order valence-electron chi connectivity index (χ1n) is 4.89. The summed E-state index contributed by atoms with van der Waals surface area (Å²) in [5.41, 5.74) is 0. The van der Waals surface area contributed by atoms with Crippen LogP contribution < -0.4 is 0 Å². The van der Waals surface area contributed by atoms with Gasteiger partial charge in [-0.05, 0) is 34.5 Å². The van der Waals surface area contributed by atoms with E-state index in [0.717, 1.165) is 8.66 Å². The van der Waals surface area contributed by atoms with Gasteiger partial charge in [-0.15, -0.1) is 11.3 Å². The van der Waals surface area contributed by atoms with Crippen molar-refractivity contribution in [3.05, 3.63) is 20.8 Å². The quantitative estimate of drug-likeness (QED) is 0.929. The SMILES string of the molecule is O=C(O)CCC1COC(c2ccc(Br)s2)O1. The number of aliphatic carboxylic acids is 1. The maximum atomic E-state index is 10.4. The molecular weight excluding hydrogens is 296 g/mol. The van der Waals surface area contributed by atoms with Gasteiger partial charge < -0.3 is 14.6 Å². The number of carbonyl (C=O) groups is 1. The average Bonchev–Trinajstić information content (AvgIpc) is 2.83. The van der Waals surface area contributed by atoms with Crippen LogP contribution in [0.25, 0.3) is 0 Å². The van der Waals surface area contributed by atoms with Gasteiger partial charge in [-0.2, -0.15) is 0 Å². The lowest BCUT2D eigenvalue weighted by molar-refractivity contribution is -0.137. The van der Waals surface area contributed by atoms with E-state index in [9.17, 15) is 4.79 Å². The molecule has 1 aromatic rings. The molecule has 2 heterocycles. The van der Waals surface area contributed by atoms with E-state index in [4.69, 9.17) is 14.6 Å². The number of thiophene rings is 1. The Morgan fingerprint density at radius 1 is 1.62 bits per heavy atom. The van der Waals surface area contributed by atoms with Crippen molar-refractivity contribution in [2.24, 2.45) is 0 Å². The minimum atomic E-state index is -0.800. The van der Waals surface area contributed by atoms with Crippen LogP contribution in [0.15, 0.2) is 15.9 Å². The zero-order valence-electron chi connectivity index (χ0n) is 8.39. The van der Waals surface area contributed by atoms with Crippen LogP contribution in [0.5, 0.6) is 0 Å². The molecule has 88 valence electrons. The predicted octanol–water partition coefficient (Wildman–Crippen LogP) is 2.79. The first kappa shape index (κ1) is 12.0. The number of hydrogen-bond acceptors (Lipinski definition) is 4. The monoisotopic (exact) mass is 306 g/mol. The molecule has 1 fully saturated rings. The van der Waals surface area contributed by atoms with Gasteiger partial charge in [0.2, 0.25) is 0 Å². The van der Waals surface area contributed by atoms with Gasteiger partial charge in [0.05, 0.1) is 21.4 Å². The molecule has 1 aliphatic heterocycles. The second-order valence-electron chi connectivity index (χ2n) is 3.50. The lowest BCUT2D eigenvalue weighted by Crippen LogP contribution is -2.11. The largest absolute Gasteiger partial charge is 0.481 e. The Balaban J connectivity index is 1.86. The van der Waals surface area contributed by atoms with Crippen molar-refractivity contribution in [1.29, 1.82) is 0 Å². The third-order valence-corrected chi connectivity index (χ3v) is 3.90. The molecule has 2 atom stereocenters. The normalized spacial score (nSPS) is 24.8. The molecule has 1 saturated heterocycles. The van der Waals surface area contributed by atoms with Crippen molar-refractivity contribution in [3.8, 4) is 0 Å². The van der Waals surface area contributed by atoms with Gasteiger partial charge in [0, 0.05) is 6.42 Å². The second kappa shape index (κ2) is 5.27. The molecule has 16 heavy (non-hydrogen) atoms. The Bertz CT molecular complexity index is 379. The highest BCUT2D eigenvalue weighted by atomic mass is 79.9. The van der Waals surface area contributed by atoms with Gasteiger partial charge >= 0.3 is 5.97 Å². The molecule has 0 radical (unpaired) electrons. The van der Waals surface area contributed by atoms with Gasteiger partial charge in [0.15, 0.2) is 6.29 Å². The topological polar surface area (TPSA) is 55.8 Å². The van der Waals surface area contributed by atoms with Gasteiger partial charge in [-0.1, -0.05) is 0 Å². The van der Waals surface area contributed by atoms with Crippen molar-refractivity contribution >= 4 is 33.2 Å². The molecule has 0 aliphatic carbocycles. The number of carboxylic acid groups (broad SMARTS) is 1. The maximum Gasteiger partial charge on any atom is 0.303 e. The van der Waals surface area contributed by atoms with Crippen molar-refractivity contribution in [3.63, 3.8) is 0 Å². The van der Waals surface area contributed by atoms with Crippen LogP contribution in [0, 0.1) is 0 Å². The highest BCUT2D eigenvalue weighted by Gasteiger charge is 2.28. The molecule has 2 unspecified atom stereocenters. The molecule has 0 bridgehead atoms. The van der Waals surface area contributed by atoms with E-state index in [1.165, 1.54) is 0 Å². The third-order valence-electron chi connectivity index (χ3n) is 2.26. The fraction of sp³-hybridized carbons (Fsp3) is 0.500. The van der Waals surface area contributed by atoms with Crippen LogP contribution in [0.4, 0.5) is 0 Å². The Morgan fingerprint density at radius 2 is 2.44 bits per heavy atom. The minimum absolute atomic E-state index is 0.109. The second-order valence-corrected chi connectivity index (χ2v) is 5.99. The molecular formula is C10H11BrO4S. The van der Waals surface area contributed by atoms with E-state index in [0.29, 0.717) is 13.0 Å². The standard InChI is InChI=1S/C10H11BrO4S/c11-8-3-2-7(16-8)10-14-5-6(15-10)1-4-9(12)13/h2-3,6,10H,1,4-5H2,(H,12,13). The van der Waals surface area contributed by atoms with Gasteiger partial charge in [-0.3, -0.25) is 4.79 Å². The molecule has 1 aromatic heterocycles. The molecule has 0 spiro atoms. The van der Waals surface area contributed by atoms with Crippen LogP contribution in [0.3, 0.4) is 0 Å². The summed E-state index contributed by atoms with van der Waals surface area (Å²) in [6, 6.07) is 3.89. The number of halogens is 1. The van der Waals surface area contributed by atoms with Crippen LogP contribution in [-0.4, -0.2) is 23.8 Å². The van der Waals surface area contributed by atoms with Gasteiger partial charge in [0.25, 0.3) is 0 Å². The van der Waals surface area contributed by atoms with Crippen molar-refractivity contribution in [2.45, 2.75) is 25.2 Å². The third kappa shape index (κ3) is 3.04. The zero-order chi connectivity index (χ0) is 11.5. The highest BCUT2D eigenvalue weighted by molar-refractivity contribution is 9.11. The van der Waals surface area contributed by atoms with Crippen molar-refractivity contribution < 1.29 is 19.4 Å². The van der Waals surface area contributed by atoms with Crippen LogP contribution in [0.2, 0.25) is 0 Å². The van der Waals surface area contributed by atoms with E-state index in [1.54, 1.807) is 11.3 Å². The smallest absolute Gasteiger partial charge is 0.303 e. The first-order chi connectivity index (χ1) is 7.65. The van der Waals surface area contributed by atoms with Gasteiger partial charge in [-0.25, -0.2) is 0 Å². The Morgan fingerprint density at radius 3 is 3.06 bits per heavy atom. The summed E-state index contributed by atoms with van der Waals surface area (Å²) in [6.45, 7) is 0.466. The highest BCUT2D eigenvalue weighted by Crippen LogP contribution is 2.34. The number of hydrogen-bond donors (Lipinski definition) is 1. The molecule has 1 N–H and O–H groups in total. The summed E-state index contributed by atoms with van der Waals surface area (Å²) >= 11 is 4.94. The number of ether oxygens (including phenoxy) is 2. The molecule has 6 heteroatoms. The fourth-order valence-corrected chi connectivity index (χ4v) is 2.90. The van der Waals surface area contributed by atoms with Crippen molar-refractivity contribution in [1.82, 2.24) is 0 Å². The van der Waals surface area contributed by atoms with Crippen LogP contribution in [-0.2, 0) is 14.3 Å². The minimum Gasteiger partial charge on any atom is -0.481 e. The predicted molar refractivity (Wildman–Crippen MR) is 62.5 cm³/mol. The Labute approximate surface area is 105 Å². The fourth-order valence-electron chi connectivity index (χ4n) is 1.49. The molecule has 0 saturated carbocycles. The number of carboxylic acids is 1. The zero-order valence-corrected chi connectivity index (χ0v) is 10.8. The first-order valence-corrected chi connectivity index (χ1v) is 6.50. The van der Waals surface area contributed by atoms with E-state index in [1.807, 2.05) is 12.1 Å². The lowest BCUT2D eigenvalue weighted by Gasteiger charge is -2.08. The molecule has 0 aromatic carbocycles. The van der Waals surface area contributed by atoms with E-state index in [-0.39, 0.29) is 18.8 Å². The lowest BCUT2D eigenvalue weighted by atomic mass is 10.2. The molecule has 2 rings (SSSR count). The van der Waals surface area contributed by atoms with E-state index < -0.39 is 5.97 Å². The summed E-state index contributed by atoms with van der Waals surface area (Å²) in [6.07, 6.45) is 0.171. The maximum absolute atomic E-state index is 10.4. The van der Waals surface area contributed by atoms with Crippen molar-refractivity contribution in [2.75, 3.05) is 6.61 Å². The van der Waals surface area contributed by atoms with E-state index >= 15 is 0 Å². The summed E-state index contributed by atoms with van der Waals surface area (Å²) in [5.74, 6) is -0.800. The average molecular weight is 307 g/mol.